The maximum Gasteiger partial charge on any atom is 0.239 e. The number of nitrogens with zero attached hydrogens (tertiary/aromatic N) is 3. The Kier molecular flexibility index (Phi) is 9.17. The molecule has 1 heterocycles. The summed E-state index contributed by atoms with van der Waals surface area (Å²) in [5, 5.41) is 0. The van der Waals surface area contributed by atoms with E-state index in [4.69, 9.17) is 5.73 Å². The van der Waals surface area contributed by atoms with Crippen molar-refractivity contribution in [1.29, 1.82) is 0 Å². The topological polar surface area (TPSA) is 69.9 Å². The summed E-state index contributed by atoms with van der Waals surface area (Å²) >= 11 is 0. The Hall–Kier alpha value is -0.850. The van der Waals surface area contributed by atoms with Crippen molar-refractivity contribution in [1.82, 2.24) is 14.7 Å². The number of amides is 2. The van der Waals surface area contributed by atoms with Crippen LogP contribution < -0.4 is 5.73 Å². The van der Waals surface area contributed by atoms with Gasteiger partial charge in [-0.25, -0.2) is 0 Å². The van der Waals surface area contributed by atoms with E-state index in [9.17, 15) is 9.59 Å². The van der Waals surface area contributed by atoms with Crippen LogP contribution in [-0.2, 0) is 9.59 Å². The van der Waals surface area contributed by atoms with E-state index >= 15 is 0 Å². The van der Waals surface area contributed by atoms with Gasteiger partial charge in [0.1, 0.15) is 0 Å². The molecular formula is C18H35ClN4O2. The van der Waals surface area contributed by atoms with Crippen LogP contribution in [0.5, 0.6) is 0 Å². The van der Waals surface area contributed by atoms with Crippen molar-refractivity contribution in [2.75, 3.05) is 39.8 Å². The Morgan fingerprint density at radius 2 is 1.64 bits per heavy atom. The molecule has 25 heavy (non-hydrogen) atoms. The normalized spacial score (nSPS) is 20.9. The summed E-state index contributed by atoms with van der Waals surface area (Å²) in [7, 11) is 1.94. The fourth-order valence-corrected chi connectivity index (χ4v) is 3.60. The van der Waals surface area contributed by atoms with E-state index in [0.29, 0.717) is 25.7 Å². The summed E-state index contributed by atoms with van der Waals surface area (Å²) in [6.07, 6.45) is 6.04. The van der Waals surface area contributed by atoms with E-state index in [-0.39, 0.29) is 30.1 Å². The van der Waals surface area contributed by atoms with Gasteiger partial charge in [-0.2, -0.15) is 0 Å². The van der Waals surface area contributed by atoms with E-state index < -0.39 is 6.04 Å². The molecule has 2 fully saturated rings. The molecule has 0 aromatic carbocycles. The molecule has 2 amide bonds. The monoisotopic (exact) mass is 374 g/mol. The second kappa shape index (κ2) is 10.3. The van der Waals surface area contributed by atoms with Crippen molar-refractivity contribution in [2.24, 2.45) is 11.7 Å². The van der Waals surface area contributed by atoms with Crippen molar-refractivity contribution in [3.63, 3.8) is 0 Å². The number of likely N-dealkylation sites (N-methyl/N-ethyl adjacent to an activating group) is 1. The number of carbonyl (C=O) groups excluding carboxylic acids is 2. The zero-order chi connectivity index (χ0) is 17.7. The van der Waals surface area contributed by atoms with Crippen molar-refractivity contribution >= 4 is 24.2 Å². The summed E-state index contributed by atoms with van der Waals surface area (Å²) < 4.78 is 0. The van der Waals surface area contributed by atoms with Crippen LogP contribution in [0.2, 0.25) is 0 Å². The predicted octanol–water partition coefficient (Wildman–Crippen LogP) is 1.33. The summed E-state index contributed by atoms with van der Waals surface area (Å²) in [4.78, 5) is 30.8. The molecule has 1 saturated heterocycles. The largest absolute Gasteiger partial charge is 0.342 e. The molecule has 1 atom stereocenters. The summed E-state index contributed by atoms with van der Waals surface area (Å²) in [5.41, 5.74) is 5.96. The summed E-state index contributed by atoms with van der Waals surface area (Å²) in [6.45, 7) is 7.24. The van der Waals surface area contributed by atoms with E-state index in [2.05, 4.69) is 4.90 Å². The van der Waals surface area contributed by atoms with Crippen molar-refractivity contribution < 1.29 is 9.59 Å². The standard InChI is InChI=1S/C18H34N4O2.ClH/c1-14(2)17(19)18(24)22-11-9-21(10-12-22)13-16(23)20(3)15-7-5-4-6-8-15;/h14-15,17H,4-13,19H2,1-3H3;1H/t17-;/m0./s1. The molecule has 146 valence electrons. The maximum atomic E-state index is 12.5. The third kappa shape index (κ3) is 6.12. The third-order valence-corrected chi connectivity index (χ3v) is 5.56. The number of hydrogen-bond acceptors (Lipinski definition) is 4. The lowest BCUT2D eigenvalue weighted by atomic mass is 9.94. The van der Waals surface area contributed by atoms with Gasteiger partial charge >= 0.3 is 0 Å². The molecule has 6 nitrogen and oxygen atoms in total. The molecule has 0 bridgehead atoms. The van der Waals surface area contributed by atoms with Gasteiger partial charge in [0.2, 0.25) is 11.8 Å². The molecular weight excluding hydrogens is 340 g/mol. The Bertz CT molecular complexity index is 433. The van der Waals surface area contributed by atoms with Crippen molar-refractivity contribution in [3.05, 3.63) is 0 Å². The fraction of sp³-hybridized carbons (Fsp3) is 0.889. The van der Waals surface area contributed by atoms with E-state index in [0.717, 1.165) is 25.9 Å². The lowest BCUT2D eigenvalue weighted by Crippen LogP contribution is -2.55. The SMILES string of the molecule is CC(C)[C@H](N)C(=O)N1CCN(CC(=O)N(C)C2CCCCC2)CC1.Cl. The Morgan fingerprint density at radius 3 is 2.16 bits per heavy atom. The van der Waals surface area contributed by atoms with Crippen LogP contribution in [0.1, 0.15) is 46.0 Å². The van der Waals surface area contributed by atoms with Gasteiger partial charge in [-0.3, -0.25) is 14.5 Å². The van der Waals surface area contributed by atoms with Crippen LogP contribution in [0.25, 0.3) is 0 Å². The molecule has 0 radical (unpaired) electrons. The van der Waals surface area contributed by atoms with Crippen LogP contribution >= 0.6 is 12.4 Å². The highest BCUT2D eigenvalue weighted by Crippen LogP contribution is 2.21. The minimum Gasteiger partial charge on any atom is -0.342 e. The second-order valence-corrected chi connectivity index (χ2v) is 7.67. The molecule has 1 aliphatic carbocycles. The van der Waals surface area contributed by atoms with Crippen LogP contribution in [-0.4, -0.2) is 78.4 Å². The zero-order valence-corrected chi connectivity index (χ0v) is 16.8. The Morgan fingerprint density at radius 1 is 1.08 bits per heavy atom. The van der Waals surface area contributed by atoms with E-state index in [1.165, 1.54) is 19.3 Å². The Labute approximate surface area is 158 Å². The van der Waals surface area contributed by atoms with E-state index in [1.54, 1.807) is 0 Å². The minimum atomic E-state index is -0.421. The molecule has 2 rings (SSSR count). The predicted molar refractivity (Wildman–Crippen MR) is 103 cm³/mol. The zero-order valence-electron chi connectivity index (χ0n) is 15.9. The highest BCUT2D eigenvalue weighted by molar-refractivity contribution is 5.85. The second-order valence-electron chi connectivity index (χ2n) is 7.67. The number of piperazine rings is 1. The van der Waals surface area contributed by atoms with Crippen LogP contribution in [0.15, 0.2) is 0 Å². The van der Waals surface area contributed by atoms with Crippen molar-refractivity contribution in [2.45, 2.75) is 58.0 Å². The van der Waals surface area contributed by atoms with Gasteiger partial charge in [-0.1, -0.05) is 33.1 Å². The molecule has 0 aromatic heterocycles. The number of carbonyl (C=O) groups is 2. The van der Waals surface area contributed by atoms with Gasteiger partial charge in [0.15, 0.2) is 0 Å². The molecule has 2 aliphatic rings. The van der Waals surface area contributed by atoms with Gasteiger partial charge in [-0.15, -0.1) is 12.4 Å². The average molecular weight is 375 g/mol. The molecule has 7 heteroatoms. The van der Waals surface area contributed by atoms with Crippen LogP contribution in [0, 0.1) is 5.92 Å². The number of hydrogen-bond donors (Lipinski definition) is 1. The highest BCUT2D eigenvalue weighted by atomic mass is 35.5. The first-order valence-electron chi connectivity index (χ1n) is 9.42. The molecule has 0 spiro atoms. The fourth-order valence-electron chi connectivity index (χ4n) is 3.60. The lowest BCUT2D eigenvalue weighted by molar-refractivity contribution is -0.137. The van der Waals surface area contributed by atoms with Gasteiger partial charge in [-0.05, 0) is 18.8 Å². The molecule has 2 N–H and O–H groups in total. The van der Waals surface area contributed by atoms with Gasteiger partial charge < -0.3 is 15.5 Å². The van der Waals surface area contributed by atoms with Gasteiger partial charge in [0, 0.05) is 39.3 Å². The summed E-state index contributed by atoms with van der Waals surface area (Å²) in [6, 6.07) is -0.00577. The maximum absolute atomic E-state index is 12.5. The minimum absolute atomic E-state index is 0. The van der Waals surface area contributed by atoms with Gasteiger partial charge in [0.25, 0.3) is 0 Å². The van der Waals surface area contributed by atoms with E-state index in [1.807, 2.05) is 30.7 Å². The first-order chi connectivity index (χ1) is 11.4. The molecule has 0 unspecified atom stereocenters. The molecule has 0 aromatic rings. The Balaban J connectivity index is 0.00000312. The van der Waals surface area contributed by atoms with Gasteiger partial charge in [0.05, 0.1) is 12.6 Å². The van der Waals surface area contributed by atoms with Crippen LogP contribution in [0.3, 0.4) is 0 Å². The first kappa shape index (κ1) is 22.2. The summed E-state index contributed by atoms with van der Waals surface area (Å²) in [5.74, 6) is 0.400. The highest BCUT2D eigenvalue weighted by Gasteiger charge is 2.29. The average Bonchev–Trinajstić information content (AvgIpc) is 2.61. The molecule has 1 aliphatic heterocycles. The lowest BCUT2D eigenvalue weighted by Gasteiger charge is -2.37. The van der Waals surface area contributed by atoms with Crippen LogP contribution in [0.4, 0.5) is 0 Å². The first-order valence-corrected chi connectivity index (χ1v) is 9.42. The molecule has 1 saturated carbocycles. The quantitative estimate of drug-likeness (QED) is 0.788. The van der Waals surface area contributed by atoms with Crippen molar-refractivity contribution in [3.8, 4) is 0 Å². The number of rotatable bonds is 5. The number of nitrogens with two attached hydrogens (primary N) is 1. The smallest absolute Gasteiger partial charge is 0.239 e. The number of halogens is 1. The third-order valence-electron chi connectivity index (χ3n) is 5.56.